The Morgan fingerprint density at radius 1 is 1.17 bits per heavy atom. The van der Waals surface area contributed by atoms with Crippen LogP contribution in [0.5, 0.6) is 0 Å². The number of ether oxygens (including phenoxy) is 3. The number of rotatable bonds is 9. The number of aromatic amines is 1. The predicted molar refractivity (Wildman–Crippen MR) is 136 cm³/mol. The van der Waals surface area contributed by atoms with Gasteiger partial charge in [-0.3, -0.25) is 9.36 Å². The normalized spacial score (nSPS) is 20.9. The number of imidazole rings is 1. The van der Waals surface area contributed by atoms with Crippen LogP contribution in [0, 0.1) is 0 Å². The largest absolute Gasteiger partial charge is 0.459 e. The van der Waals surface area contributed by atoms with Crippen LogP contribution in [-0.2, 0) is 19.0 Å². The number of piperidine rings is 1. The van der Waals surface area contributed by atoms with Crippen LogP contribution in [0.1, 0.15) is 36.8 Å². The van der Waals surface area contributed by atoms with E-state index in [1.54, 1.807) is 16.2 Å². The zero-order chi connectivity index (χ0) is 24.9. The van der Waals surface area contributed by atoms with E-state index in [-0.39, 0.29) is 36.8 Å². The van der Waals surface area contributed by atoms with Crippen molar-refractivity contribution in [3.8, 4) is 0 Å². The minimum Gasteiger partial charge on any atom is -0.459 e. The zero-order valence-corrected chi connectivity index (χ0v) is 20.8. The molecule has 0 bridgehead atoms. The third-order valence-corrected chi connectivity index (χ3v) is 7.45. The fourth-order valence-corrected chi connectivity index (χ4v) is 5.68. The van der Waals surface area contributed by atoms with Gasteiger partial charge in [-0.05, 0) is 53.4 Å². The molecular formula is C26H31N3O6S. The highest BCUT2D eigenvalue weighted by Gasteiger charge is 2.33. The van der Waals surface area contributed by atoms with Crippen LogP contribution in [-0.4, -0.2) is 71.3 Å². The van der Waals surface area contributed by atoms with E-state index >= 15 is 0 Å². The van der Waals surface area contributed by atoms with E-state index in [2.05, 4.69) is 16.4 Å². The first-order valence-corrected chi connectivity index (χ1v) is 13.3. The second kappa shape index (κ2) is 11.4. The van der Waals surface area contributed by atoms with Crippen molar-refractivity contribution in [1.82, 2.24) is 14.5 Å². The van der Waals surface area contributed by atoms with Gasteiger partial charge in [-0.15, -0.1) is 0 Å². The third-order valence-electron chi connectivity index (χ3n) is 6.75. The second-order valence-electron chi connectivity index (χ2n) is 9.02. The van der Waals surface area contributed by atoms with Gasteiger partial charge in [0, 0.05) is 31.5 Å². The van der Waals surface area contributed by atoms with E-state index in [0.29, 0.717) is 51.3 Å². The third kappa shape index (κ3) is 5.41. The molecule has 1 aromatic carbocycles. The summed E-state index contributed by atoms with van der Waals surface area (Å²) in [5.74, 6) is 0.181. The summed E-state index contributed by atoms with van der Waals surface area (Å²) in [6.07, 6.45) is 3.34. The predicted octanol–water partition coefficient (Wildman–Crippen LogP) is 2.99. The number of allylic oxidation sites excluding steroid dienone is 1. The molecular weight excluding hydrogens is 482 g/mol. The van der Waals surface area contributed by atoms with Gasteiger partial charge in [-0.25, -0.2) is 4.79 Å². The monoisotopic (exact) mass is 513 g/mol. The Labute approximate surface area is 212 Å². The number of carbonyl (C=O) groups is 1. The number of aromatic nitrogens is 2. The summed E-state index contributed by atoms with van der Waals surface area (Å²) in [5, 5.41) is 13.0. The SMILES string of the molecule is O=C(C1=C[C@@H](c2ccsc2)C[C@@H](OCCOCCO)O1)N1CCC(n2c(=O)[nH]c3ccccc32)CC1. The molecule has 36 heavy (non-hydrogen) atoms. The number of nitrogens with zero attached hydrogens (tertiary/aromatic N) is 2. The first-order valence-electron chi connectivity index (χ1n) is 12.3. The number of likely N-dealkylation sites (tertiary alicyclic amines) is 1. The first kappa shape index (κ1) is 24.8. The molecule has 2 atom stereocenters. The average Bonchev–Trinajstić information content (AvgIpc) is 3.56. The molecule has 0 spiro atoms. The minimum atomic E-state index is -0.557. The molecule has 4 heterocycles. The molecule has 0 aliphatic carbocycles. The van der Waals surface area contributed by atoms with Gasteiger partial charge in [0.1, 0.15) is 0 Å². The Bertz CT molecular complexity index is 1240. The maximum Gasteiger partial charge on any atom is 0.326 e. The van der Waals surface area contributed by atoms with Crippen LogP contribution < -0.4 is 5.69 Å². The van der Waals surface area contributed by atoms with Crippen LogP contribution in [0.4, 0.5) is 0 Å². The minimum absolute atomic E-state index is 0.0228. The first-order chi connectivity index (χ1) is 17.6. The van der Waals surface area contributed by atoms with Gasteiger partial charge in [0.05, 0.1) is 37.5 Å². The number of para-hydroxylation sites is 2. The molecule has 5 rings (SSSR count). The number of nitrogens with one attached hydrogen (secondary N) is 1. The Balaban J connectivity index is 1.25. The highest BCUT2D eigenvalue weighted by atomic mass is 32.1. The van der Waals surface area contributed by atoms with Gasteiger partial charge in [-0.2, -0.15) is 11.3 Å². The van der Waals surface area contributed by atoms with Crippen LogP contribution >= 0.6 is 11.3 Å². The van der Waals surface area contributed by atoms with Crippen LogP contribution in [0.2, 0.25) is 0 Å². The lowest BCUT2D eigenvalue weighted by molar-refractivity contribution is -0.157. The van der Waals surface area contributed by atoms with Gasteiger partial charge < -0.3 is 29.2 Å². The van der Waals surface area contributed by atoms with Gasteiger partial charge in [0.2, 0.25) is 6.29 Å². The molecule has 192 valence electrons. The second-order valence-corrected chi connectivity index (χ2v) is 9.80. The summed E-state index contributed by atoms with van der Waals surface area (Å²) in [5.41, 5.74) is 2.75. The van der Waals surface area contributed by atoms with E-state index < -0.39 is 6.29 Å². The van der Waals surface area contributed by atoms with Gasteiger partial charge in [0.15, 0.2) is 5.76 Å². The molecule has 3 aromatic rings. The number of benzene rings is 1. The van der Waals surface area contributed by atoms with Crippen LogP contribution in [0.25, 0.3) is 11.0 Å². The summed E-state index contributed by atoms with van der Waals surface area (Å²) in [6.45, 7) is 1.97. The van der Waals surface area contributed by atoms with Crippen molar-refractivity contribution in [2.75, 3.05) is 39.5 Å². The van der Waals surface area contributed by atoms with E-state index in [1.807, 2.05) is 40.3 Å². The number of thiophene rings is 1. The lowest BCUT2D eigenvalue weighted by Crippen LogP contribution is -2.42. The summed E-state index contributed by atoms with van der Waals surface area (Å²) < 4.78 is 19.0. The van der Waals surface area contributed by atoms with E-state index in [1.165, 1.54) is 0 Å². The fourth-order valence-electron chi connectivity index (χ4n) is 4.95. The molecule has 2 N–H and O–H groups in total. The number of fused-ring (bicyclic) bond motifs is 1. The fraction of sp³-hybridized carbons (Fsp3) is 0.462. The van der Waals surface area contributed by atoms with Crippen molar-refractivity contribution in [1.29, 1.82) is 0 Å². The maximum absolute atomic E-state index is 13.5. The summed E-state index contributed by atoms with van der Waals surface area (Å²) in [4.78, 5) is 30.8. The molecule has 0 radical (unpaired) electrons. The Hall–Kier alpha value is -2.92. The average molecular weight is 514 g/mol. The Morgan fingerprint density at radius 3 is 2.78 bits per heavy atom. The van der Waals surface area contributed by atoms with E-state index in [9.17, 15) is 9.59 Å². The molecule has 2 aliphatic rings. The molecule has 10 heteroatoms. The van der Waals surface area contributed by atoms with Crippen molar-refractivity contribution in [3.63, 3.8) is 0 Å². The lowest BCUT2D eigenvalue weighted by Gasteiger charge is -2.35. The number of hydrogen-bond acceptors (Lipinski definition) is 7. The van der Waals surface area contributed by atoms with Crippen molar-refractivity contribution in [2.24, 2.45) is 0 Å². The molecule has 0 saturated carbocycles. The van der Waals surface area contributed by atoms with Crippen molar-refractivity contribution >= 4 is 28.3 Å². The van der Waals surface area contributed by atoms with Gasteiger partial charge >= 0.3 is 5.69 Å². The maximum atomic E-state index is 13.5. The molecule has 1 saturated heterocycles. The van der Waals surface area contributed by atoms with Crippen molar-refractivity contribution in [3.05, 3.63) is 69.0 Å². The molecule has 1 fully saturated rings. The molecule has 0 unspecified atom stereocenters. The van der Waals surface area contributed by atoms with E-state index in [4.69, 9.17) is 19.3 Å². The van der Waals surface area contributed by atoms with Crippen molar-refractivity contribution < 1.29 is 24.1 Å². The lowest BCUT2D eigenvalue weighted by atomic mass is 9.95. The highest BCUT2D eigenvalue weighted by molar-refractivity contribution is 7.08. The standard InChI is InChI=1S/C26H31N3O6S/c30-10-11-33-12-13-34-24-16-19(18-7-14-36-17-18)15-23(35-24)25(31)28-8-5-20(6-9-28)29-22-4-2-1-3-21(22)27-26(29)32/h1-4,7,14-15,17,19-20,24,30H,5-6,8-13,16H2,(H,27,32)/t19-,24+/m1/s1. The zero-order valence-electron chi connectivity index (χ0n) is 20.0. The smallest absolute Gasteiger partial charge is 0.326 e. The van der Waals surface area contributed by atoms with E-state index in [0.717, 1.165) is 16.6 Å². The molecule has 2 aliphatic heterocycles. The number of aliphatic hydroxyl groups excluding tert-OH is 1. The Morgan fingerprint density at radius 2 is 2.00 bits per heavy atom. The van der Waals surface area contributed by atoms with Crippen LogP contribution in [0.3, 0.4) is 0 Å². The van der Waals surface area contributed by atoms with Crippen LogP contribution in [0.15, 0.2) is 57.7 Å². The summed E-state index contributed by atoms with van der Waals surface area (Å²) >= 11 is 1.62. The summed E-state index contributed by atoms with van der Waals surface area (Å²) in [7, 11) is 0. The Kier molecular flexibility index (Phi) is 7.86. The quantitative estimate of drug-likeness (QED) is 0.426. The number of carbonyl (C=O) groups excluding carboxylic acids is 1. The molecule has 9 nitrogen and oxygen atoms in total. The molecule has 2 aromatic heterocycles. The van der Waals surface area contributed by atoms with Gasteiger partial charge in [-0.1, -0.05) is 12.1 Å². The number of amides is 1. The number of H-pyrrole nitrogens is 1. The summed E-state index contributed by atoms with van der Waals surface area (Å²) in [6, 6.07) is 9.78. The molecule has 1 amide bonds. The van der Waals surface area contributed by atoms with Crippen molar-refractivity contribution in [2.45, 2.75) is 37.5 Å². The topological polar surface area (TPSA) is 106 Å². The number of hydrogen-bond donors (Lipinski definition) is 2. The highest BCUT2D eigenvalue weighted by Crippen LogP contribution is 2.34. The van der Waals surface area contributed by atoms with Gasteiger partial charge in [0.25, 0.3) is 5.91 Å². The number of aliphatic hydroxyl groups is 1.